The smallest absolute Gasteiger partial charge is 0.339 e. The van der Waals surface area contributed by atoms with Crippen molar-refractivity contribution in [2.45, 2.75) is 51.5 Å². The van der Waals surface area contributed by atoms with Crippen molar-refractivity contribution in [1.82, 2.24) is 0 Å². The van der Waals surface area contributed by atoms with Gasteiger partial charge in [-0.25, -0.2) is 4.79 Å². The van der Waals surface area contributed by atoms with Crippen LogP contribution in [0.5, 0.6) is 0 Å². The van der Waals surface area contributed by atoms with E-state index in [1.54, 1.807) is 12.1 Å². The molecule has 0 amide bonds. The summed E-state index contributed by atoms with van der Waals surface area (Å²) in [6.45, 7) is 2.26. The zero-order chi connectivity index (χ0) is 15.2. The largest absolute Gasteiger partial charge is 0.465 e. The fourth-order valence-electron chi connectivity index (χ4n) is 3.12. The number of esters is 1. The Morgan fingerprint density at radius 2 is 2.05 bits per heavy atom. The molecule has 0 unspecified atom stereocenters. The topological polar surface area (TPSA) is 38.3 Å². The predicted molar refractivity (Wildman–Crippen MR) is 87.1 cm³/mol. The molecule has 0 spiro atoms. The molecule has 0 heterocycles. The average molecular weight is 310 g/mol. The molecule has 1 aromatic rings. The minimum Gasteiger partial charge on any atom is -0.465 e. The number of benzene rings is 1. The Morgan fingerprint density at radius 1 is 1.33 bits per heavy atom. The normalized spacial score (nSPS) is 21.9. The van der Waals surface area contributed by atoms with Gasteiger partial charge in [0.15, 0.2) is 0 Å². The van der Waals surface area contributed by atoms with Gasteiger partial charge in [-0.1, -0.05) is 31.4 Å². The molecule has 21 heavy (non-hydrogen) atoms. The Kier molecular flexibility index (Phi) is 5.92. The van der Waals surface area contributed by atoms with E-state index in [-0.39, 0.29) is 0 Å². The number of anilines is 1. The SMILES string of the molecule is CCCC1CCC(Nc2ccc(Cl)c(C(=O)OC)c2)CC1. The van der Waals surface area contributed by atoms with E-state index in [2.05, 4.69) is 12.2 Å². The maximum atomic E-state index is 11.7. The highest BCUT2D eigenvalue weighted by atomic mass is 35.5. The average Bonchev–Trinajstić information content (AvgIpc) is 2.50. The van der Waals surface area contributed by atoms with Crippen LogP contribution in [0.3, 0.4) is 0 Å². The van der Waals surface area contributed by atoms with Crippen LogP contribution in [0.2, 0.25) is 5.02 Å². The van der Waals surface area contributed by atoms with Crippen molar-refractivity contribution in [1.29, 1.82) is 0 Å². The minimum absolute atomic E-state index is 0.393. The van der Waals surface area contributed by atoms with Gasteiger partial charge in [-0.05, 0) is 49.8 Å². The summed E-state index contributed by atoms with van der Waals surface area (Å²) in [6.07, 6.45) is 7.61. The molecule has 1 aliphatic carbocycles. The van der Waals surface area contributed by atoms with Crippen LogP contribution in [0.25, 0.3) is 0 Å². The molecule has 0 bridgehead atoms. The molecule has 116 valence electrons. The molecular formula is C17H24ClNO2. The molecule has 1 aliphatic rings. The third kappa shape index (κ3) is 4.37. The first kappa shape index (κ1) is 16.2. The van der Waals surface area contributed by atoms with Crippen molar-refractivity contribution in [2.24, 2.45) is 5.92 Å². The highest BCUT2D eigenvalue weighted by Gasteiger charge is 2.21. The van der Waals surface area contributed by atoms with Gasteiger partial charge in [-0.3, -0.25) is 0 Å². The fourth-order valence-corrected chi connectivity index (χ4v) is 3.32. The molecule has 0 atom stereocenters. The van der Waals surface area contributed by atoms with E-state index in [0.717, 1.165) is 11.6 Å². The lowest BCUT2D eigenvalue weighted by molar-refractivity contribution is 0.0601. The van der Waals surface area contributed by atoms with Gasteiger partial charge >= 0.3 is 5.97 Å². The van der Waals surface area contributed by atoms with E-state index >= 15 is 0 Å². The van der Waals surface area contributed by atoms with E-state index < -0.39 is 5.97 Å². The summed E-state index contributed by atoms with van der Waals surface area (Å²) in [7, 11) is 1.37. The lowest BCUT2D eigenvalue weighted by atomic mass is 9.83. The molecule has 0 saturated heterocycles. The Labute approximate surface area is 132 Å². The van der Waals surface area contributed by atoms with E-state index in [9.17, 15) is 4.79 Å². The third-order valence-corrected chi connectivity index (χ3v) is 4.62. The van der Waals surface area contributed by atoms with Crippen molar-refractivity contribution in [3.8, 4) is 0 Å². The van der Waals surface area contributed by atoms with Crippen molar-refractivity contribution < 1.29 is 9.53 Å². The Balaban J connectivity index is 1.96. The number of halogens is 1. The number of rotatable bonds is 5. The van der Waals surface area contributed by atoms with Gasteiger partial charge in [0.2, 0.25) is 0 Å². The molecule has 3 nitrogen and oxygen atoms in total. The molecule has 1 saturated carbocycles. The van der Waals surface area contributed by atoms with Crippen LogP contribution in [0.1, 0.15) is 55.8 Å². The second kappa shape index (κ2) is 7.69. The van der Waals surface area contributed by atoms with Crippen molar-refractivity contribution in [3.63, 3.8) is 0 Å². The van der Waals surface area contributed by atoms with E-state index in [1.807, 2.05) is 6.07 Å². The van der Waals surface area contributed by atoms with Crippen LogP contribution in [0.15, 0.2) is 18.2 Å². The number of carbonyl (C=O) groups is 1. The van der Waals surface area contributed by atoms with Gasteiger partial charge in [0.05, 0.1) is 17.7 Å². The molecule has 0 radical (unpaired) electrons. The van der Waals surface area contributed by atoms with Crippen LogP contribution in [-0.2, 0) is 4.74 Å². The van der Waals surface area contributed by atoms with Crippen molar-refractivity contribution in [3.05, 3.63) is 28.8 Å². The summed E-state index contributed by atoms with van der Waals surface area (Å²) in [5.74, 6) is 0.499. The molecule has 0 aliphatic heterocycles. The van der Waals surface area contributed by atoms with Crippen LogP contribution in [0.4, 0.5) is 5.69 Å². The first-order valence-electron chi connectivity index (χ1n) is 7.78. The van der Waals surface area contributed by atoms with Gasteiger partial charge in [0, 0.05) is 11.7 Å². The summed E-state index contributed by atoms with van der Waals surface area (Å²) in [5, 5.41) is 3.95. The fraction of sp³-hybridized carbons (Fsp3) is 0.588. The zero-order valence-electron chi connectivity index (χ0n) is 12.8. The lowest BCUT2D eigenvalue weighted by Gasteiger charge is -2.29. The highest BCUT2D eigenvalue weighted by molar-refractivity contribution is 6.33. The maximum absolute atomic E-state index is 11.7. The van der Waals surface area contributed by atoms with Crippen LogP contribution >= 0.6 is 11.6 Å². The summed E-state index contributed by atoms with van der Waals surface area (Å²) in [6, 6.07) is 5.95. The maximum Gasteiger partial charge on any atom is 0.339 e. The first-order chi connectivity index (χ1) is 10.1. The zero-order valence-corrected chi connectivity index (χ0v) is 13.6. The predicted octanol–water partition coefficient (Wildman–Crippen LogP) is 4.90. The molecule has 1 N–H and O–H groups in total. The molecule has 1 fully saturated rings. The number of carbonyl (C=O) groups excluding carboxylic acids is 1. The second-order valence-corrected chi connectivity index (χ2v) is 6.24. The Morgan fingerprint density at radius 3 is 2.67 bits per heavy atom. The van der Waals surface area contributed by atoms with Crippen LogP contribution in [0, 0.1) is 5.92 Å². The number of hydrogen-bond donors (Lipinski definition) is 1. The minimum atomic E-state index is -0.393. The third-order valence-electron chi connectivity index (χ3n) is 4.29. The second-order valence-electron chi connectivity index (χ2n) is 5.84. The quantitative estimate of drug-likeness (QED) is 0.786. The van der Waals surface area contributed by atoms with Gasteiger partial charge in [-0.15, -0.1) is 0 Å². The lowest BCUT2D eigenvalue weighted by Crippen LogP contribution is -2.26. The Bertz CT molecular complexity index is 482. The van der Waals surface area contributed by atoms with Gasteiger partial charge < -0.3 is 10.1 Å². The number of ether oxygens (including phenoxy) is 1. The molecule has 1 aromatic carbocycles. The molecule has 4 heteroatoms. The molecule has 0 aromatic heterocycles. The van der Waals surface area contributed by atoms with Crippen LogP contribution < -0.4 is 5.32 Å². The molecular weight excluding hydrogens is 286 g/mol. The summed E-state index contributed by atoms with van der Waals surface area (Å²) in [4.78, 5) is 11.7. The van der Waals surface area contributed by atoms with Gasteiger partial charge in [0.1, 0.15) is 0 Å². The summed E-state index contributed by atoms with van der Waals surface area (Å²) >= 11 is 6.04. The van der Waals surface area contributed by atoms with E-state index in [1.165, 1.54) is 45.6 Å². The Hall–Kier alpha value is -1.22. The summed E-state index contributed by atoms with van der Waals surface area (Å²) < 4.78 is 4.75. The van der Waals surface area contributed by atoms with Crippen molar-refractivity contribution in [2.75, 3.05) is 12.4 Å². The van der Waals surface area contributed by atoms with Crippen molar-refractivity contribution >= 4 is 23.3 Å². The summed E-state index contributed by atoms with van der Waals surface area (Å²) in [5.41, 5.74) is 1.36. The highest BCUT2D eigenvalue weighted by Crippen LogP contribution is 2.30. The standard InChI is InChI=1S/C17H24ClNO2/c1-3-4-12-5-7-13(8-6-12)19-14-9-10-16(18)15(11-14)17(20)21-2/h9-13,19H,3-8H2,1-2H3. The number of nitrogens with one attached hydrogen (secondary N) is 1. The van der Waals surface area contributed by atoms with E-state index in [4.69, 9.17) is 16.3 Å². The van der Waals surface area contributed by atoms with E-state index in [0.29, 0.717) is 16.6 Å². The molecule has 2 rings (SSSR count). The monoisotopic (exact) mass is 309 g/mol. The van der Waals surface area contributed by atoms with Gasteiger partial charge in [-0.2, -0.15) is 0 Å². The number of methoxy groups -OCH3 is 1. The number of hydrogen-bond acceptors (Lipinski definition) is 3. The van der Waals surface area contributed by atoms with Gasteiger partial charge in [0.25, 0.3) is 0 Å². The van der Waals surface area contributed by atoms with Crippen LogP contribution in [-0.4, -0.2) is 19.1 Å². The first-order valence-corrected chi connectivity index (χ1v) is 8.16.